The van der Waals surface area contributed by atoms with Gasteiger partial charge in [0.05, 0.1) is 19.1 Å². The second-order valence-corrected chi connectivity index (χ2v) is 5.53. The zero-order chi connectivity index (χ0) is 18.0. The molecule has 0 aliphatic carbocycles. The Balaban J connectivity index is 2.25. The monoisotopic (exact) mass is 340 g/mol. The molecule has 0 unspecified atom stereocenters. The smallest absolute Gasteiger partial charge is 0.244 e. The first-order valence-electron chi connectivity index (χ1n) is 8.13. The van der Waals surface area contributed by atoms with Crippen LogP contribution in [0.1, 0.15) is 36.6 Å². The molecule has 0 bridgehead atoms. The fourth-order valence-electron chi connectivity index (χ4n) is 3.04. The molecule has 0 radical (unpaired) electrons. The largest absolute Gasteiger partial charge is 0.490 e. The lowest BCUT2D eigenvalue weighted by atomic mass is 9.83. The first-order chi connectivity index (χ1) is 12.1. The number of hydrogen-bond donors (Lipinski definition) is 2. The molecule has 2 aromatic rings. The summed E-state index contributed by atoms with van der Waals surface area (Å²) in [5.41, 5.74) is 8.68. The van der Waals surface area contributed by atoms with E-state index < -0.39 is 5.92 Å². The number of rotatable bonds is 5. The SMILES string of the molecule is CCOc1cccc([C@@H]2C(C#N)=C(N)Oc3n[nH]c(C)c32)c1OCC. The summed E-state index contributed by atoms with van der Waals surface area (Å²) in [6.07, 6.45) is 0. The number of fused-ring (bicyclic) bond motifs is 1. The number of para-hydroxylation sites is 1. The van der Waals surface area contributed by atoms with Crippen molar-refractivity contribution in [2.45, 2.75) is 26.7 Å². The van der Waals surface area contributed by atoms with Crippen LogP contribution in [-0.2, 0) is 0 Å². The van der Waals surface area contributed by atoms with E-state index in [1.165, 1.54) is 0 Å². The molecule has 0 fully saturated rings. The highest BCUT2D eigenvalue weighted by atomic mass is 16.5. The number of benzene rings is 1. The number of nitrogens with zero attached hydrogens (tertiary/aromatic N) is 2. The van der Waals surface area contributed by atoms with Gasteiger partial charge in [-0.05, 0) is 26.8 Å². The lowest BCUT2D eigenvalue weighted by Gasteiger charge is -2.26. The third-order valence-electron chi connectivity index (χ3n) is 4.04. The number of ether oxygens (including phenoxy) is 3. The maximum Gasteiger partial charge on any atom is 0.244 e. The molecule has 1 atom stereocenters. The lowest BCUT2D eigenvalue weighted by molar-refractivity contribution is 0.284. The van der Waals surface area contributed by atoms with Gasteiger partial charge in [0.15, 0.2) is 11.5 Å². The molecule has 1 aliphatic heterocycles. The van der Waals surface area contributed by atoms with E-state index in [-0.39, 0.29) is 5.88 Å². The number of nitrogens with one attached hydrogen (secondary N) is 1. The van der Waals surface area contributed by atoms with Crippen LogP contribution in [0.3, 0.4) is 0 Å². The molecule has 25 heavy (non-hydrogen) atoms. The van der Waals surface area contributed by atoms with Gasteiger partial charge in [-0.15, -0.1) is 5.10 Å². The number of allylic oxidation sites excluding steroid dienone is 1. The van der Waals surface area contributed by atoms with Crippen molar-refractivity contribution in [1.29, 1.82) is 5.26 Å². The van der Waals surface area contributed by atoms with E-state index in [0.29, 0.717) is 36.2 Å². The average molecular weight is 340 g/mol. The number of nitrogens with two attached hydrogens (primary N) is 1. The van der Waals surface area contributed by atoms with Crippen LogP contribution in [0.2, 0.25) is 0 Å². The van der Waals surface area contributed by atoms with Crippen LogP contribution in [0.25, 0.3) is 0 Å². The Kier molecular flexibility index (Phi) is 4.52. The summed E-state index contributed by atoms with van der Waals surface area (Å²) in [5.74, 6) is 1.23. The van der Waals surface area contributed by atoms with Crippen molar-refractivity contribution < 1.29 is 14.2 Å². The lowest BCUT2D eigenvalue weighted by Crippen LogP contribution is -2.21. The fraction of sp³-hybridized carbons (Fsp3) is 0.333. The topological polar surface area (TPSA) is 106 Å². The van der Waals surface area contributed by atoms with Gasteiger partial charge in [0.2, 0.25) is 11.8 Å². The molecule has 1 aliphatic rings. The number of aromatic amines is 1. The quantitative estimate of drug-likeness (QED) is 0.867. The van der Waals surface area contributed by atoms with Crippen molar-refractivity contribution in [3.05, 3.63) is 46.5 Å². The number of aryl methyl sites for hydroxylation is 1. The number of hydrogen-bond acceptors (Lipinski definition) is 6. The highest BCUT2D eigenvalue weighted by Gasteiger charge is 2.36. The molecule has 1 aromatic heterocycles. The van der Waals surface area contributed by atoms with Crippen molar-refractivity contribution >= 4 is 0 Å². The van der Waals surface area contributed by atoms with Crippen molar-refractivity contribution in [1.82, 2.24) is 10.2 Å². The molecule has 0 saturated heterocycles. The number of aromatic nitrogens is 2. The minimum Gasteiger partial charge on any atom is -0.490 e. The molecule has 2 heterocycles. The van der Waals surface area contributed by atoms with Crippen molar-refractivity contribution in [3.63, 3.8) is 0 Å². The summed E-state index contributed by atoms with van der Waals surface area (Å²) in [6, 6.07) is 7.80. The second-order valence-electron chi connectivity index (χ2n) is 5.53. The Morgan fingerprint density at radius 2 is 2.08 bits per heavy atom. The van der Waals surface area contributed by atoms with Crippen LogP contribution in [0.5, 0.6) is 17.4 Å². The van der Waals surface area contributed by atoms with Gasteiger partial charge < -0.3 is 19.9 Å². The zero-order valence-corrected chi connectivity index (χ0v) is 14.4. The summed E-state index contributed by atoms with van der Waals surface area (Å²) in [4.78, 5) is 0. The van der Waals surface area contributed by atoms with Gasteiger partial charge in [-0.25, -0.2) is 0 Å². The van der Waals surface area contributed by atoms with Gasteiger partial charge in [0.1, 0.15) is 11.6 Å². The van der Waals surface area contributed by atoms with Gasteiger partial charge in [0.25, 0.3) is 0 Å². The molecule has 3 N–H and O–H groups in total. The maximum absolute atomic E-state index is 9.67. The van der Waals surface area contributed by atoms with Gasteiger partial charge in [-0.2, -0.15) is 5.26 Å². The molecule has 1 aromatic carbocycles. The van der Waals surface area contributed by atoms with Gasteiger partial charge in [0, 0.05) is 16.8 Å². The standard InChI is InChI=1S/C18H20N4O3/c1-4-23-13-8-6-7-11(16(13)24-5-2)15-12(9-19)17(20)25-18-14(15)10(3)21-22-18/h6-8,15H,4-5,20H2,1-3H3,(H,21,22)/t15-/m1/s1. The molecule has 7 nitrogen and oxygen atoms in total. The van der Waals surface area contributed by atoms with E-state index in [0.717, 1.165) is 16.8 Å². The minimum absolute atomic E-state index is 0.0516. The first kappa shape index (κ1) is 16.7. The number of nitriles is 1. The predicted molar refractivity (Wildman–Crippen MR) is 91.4 cm³/mol. The van der Waals surface area contributed by atoms with Crippen LogP contribution in [0.15, 0.2) is 29.7 Å². The Labute approximate surface area is 146 Å². The van der Waals surface area contributed by atoms with Crippen molar-refractivity contribution in [2.24, 2.45) is 5.73 Å². The summed E-state index contributed by atoms with van der Waals surface area (Å²) in [6.45, 7) is 6.68. The third-order valence-corrected chi connectivity index (χ3v) is 4.04. The molecule has 0 amide bonds. The summed E-state index contributed by atoms with van der Waals surface area (Å²) in [7, 11) is 0. The summed E-state index contributed by atoms with van der Waals surface area (Å²) >= 11 is 0. The highest BCUT2D eigenvalue weighted by molar-refractivity contribution is 5.60. The molecule has 130 valence electrons. The summed E-state index contributed by atoms with van der Waals surface area (Å²) in [5, 5.41) is 16.7. The zero-order valence-electron chi connectivity index (χ0n) is 14.4. The van der Waals surface area contributed by atoms with E-state index in [1.807, 2.05) is 39.0 Å². The molecule has 3 rings (SSSR count). The molecule has 0 spiro atoms. The van der Waals surface area contributed by atoms with E-state index in [9.17, 15) is 5.26 Å². The van der Waals surface area contributed by atoms with Crippen LogP contribution < -0.4 is 19.9 Å². The van der Waals surface area contributed by atoms with Crippen molar-refractivity contribution in [2.75, 3.05) is 13.2 Å². The first-order valence-corrected chi connectivity index (χ1v) is 8.13. The molecule has 7 heteroatoms. The Bertz CT molecular complexity index is 864. The van der Waals surface area contributed by atoms with Crippen LogP contribution in [0, 0.1) is 18.3 Å². The van der Waals surface area contributed by atoms with E-state index >= 15 is 0 Å². The normalized spacial score (nSPS) is 16.0. The van der Waals surface area contributed by atoms with Crippen molar-refractivity contribution in [3.8, 4) is 23.4 Å². The molecular formula is C18H20N4O3. The van der Waals surface area contributed by atoms with Gasteiger partial charge in [-0.1, -0.05) is 12.1 Å². The molecular weight excluding hydrogens is 320 g/mol. The third kappa shape index (κ3) is 2.76. The van der Waals surface area contributed by atoms with Crippen LogP contribution in [-0.4, -0.2) is 23.4 Å². The second kappa shape index (κ2) is 6.77. The Morgan fingerprint density at radius 1 is 1.32 bits per heavy atom. The van der Waals surface area contributed by atoms with Crippen LogP contribution >= 0.6 is 0 Å². The van der Waals surface area contributed by atoms with Crippen LogP contribution in [0.4, 0.5) is 0 Å². The van der Waals surface area contributed by atoms with E-state index in [1.54, 1.807) is 0 Å². The Morgan fingerprint density at radius 3 is 2.76 bits per heavy atom. The van der Waals surface area contributed by atoms with E-state index in [2.05, 4.69) is 16.3 Å². The minimum atomic E-state index is -0.436. The fourth-order valence-corrected chi connectivity index (χ4v) is 3.04. The summed E-state index contributed by atoms with van der Waals surface area (Å²) < 4.78 is 17.1. The highest BCUT2D eigenvalue weighted by Crippen LogP contribution is 2.47. The van der Waals surface area contributed by atoms with E-state index in [4.69, 9.17) is 19.9 Å². The maximum atomic E-state index is 9.67. The van der Waals surface area contributed by atoms with Gasteiger partial charge in [-0.3, -0.25) is 5.10 Å². The van der Waals surface area contributed by atoms with Gasteiger partial charge >= 0.3 is 0 Å². The average Bonchev–Trinajstić information content (AvgIpc) is 2.96. The predicted octanol–water partition coefficient (Wildman–Crippen LogP) is 2.73. The number of H-pyrrole nitrogens is 1. The molecule has 0 saturated carbocycles. The Hall–Kier alpha value is -3.14.